The van der Waals surface area contributed by atoms with Gasteiger partial charge in [-0.15, -0.1) is 0 Å². The highest BCUT2D eigenvalue weighted by atomic mass is 16.2. The molecule has 5 heteroatoms. The molecule has 3 rings (SSSR count). The van der Waals surface area contributed by atoms with Crippen LogP contribution in [0.2, 0.25) is 0 Å². The summed E-state index contributed by atoms with van der Waals surface area (Å²) >= 11 is 0. The van der Waals surface area contributed by atoms with Crippen molar-refractivity contribution in [2.45, 2.75) is 20.0 Å². The molecule has 5 nitrogen and oxygen atoms in total. The Labute approximate surface area is 94.4 Å². The highest BCUT2D eigenvalue weighted by Crippen LogP contribution is 2.31. The van der Waals surface area contributed by atoms with E-state index >= 15 is 0 Å². The molecule has 1 atom stereocenters. The number of β-lactam (4-membered cyclic amide) rings is 1. The van der Waals surface area contributed by atoms with Crippen LogP contribution in [0.25, 0.3) is 0 Å². The number of nitrogens with zero attached hydrogens (tertiary/aromatic N) is 3. The number of aromatic nitrogens is 2. The van der Waals surface area contributed by atoms with E-state index in [0.717, 1.165) is 32.7 Å². The first kappa shape index (κ1) is 9.84. The molecule has 1 amide bonds. The maximum atomic E-state index is 11.8. The van der Waals surface area contributed by atoms with Crippen molar-refractivity contribution in [3.8, 4) is 0 Å². The van der Waals surface area contributed by atoms with Crippen LogP contribution in [0.15, 0.2) is 12.3 Å². The lowest BCUT2D eigenvalue weighted by Crippen LogP contribution is -2.64. The number of hydrogen-bond donors (Lipinski definition) is 1. The van der Waals surface area contributed by atoms with Gasteiger partial charge in [-0.1, -0.05) is 6.92 Å². The third-order valence-corrected chi connectivity index (χ3v) is 3.69. The van der Waals surface area contributed by atoms with E-state index in [4.69, 9.17) is 0 Å². The van der Waals surface area contributed by atoms with Gasteiger partial charge in [0.15, 0.2) is 0 Å². The van der Waals surface area contributed by atoms with Crippen molar-refractivity contribution >= 4 is 5.91 Å². The Hall–Kier alpha value is -1.36. The number of carbonyl (C=O) groups is 1. The number of rotatable bonds is 1. The zero-order valence-electron chi connectivity index (χ0n) is 9.44. The number of fused-ring (bicyclic) bond motifs is 1. The lowest BCUT2D eigenvalue weighted by atomic mass is 9.80. The molecule has 0 aromatic carbocycles. The van der Waals surface area contributed by atoms with Crippen molar-refractivity contribution in [1.29, 1.82) is 0 Å². The number of nitrogens with one attached hydrogen (secondary N) is 1. The van der Waals surface area contributed by atoms with Crippen molar-refractivity contribution in [1.82, 2.24) is 20.0 Å². The maximum absolute atomic E-state index is 11.8. The molecule has 1 fully saturated rings. The fourth-order valence-electron chi connectivity index (χ4n) is 2.58. The summed E-state index contributed by atoms with van der Waals surface area (Å²) in [6.07, 6.45) is 1.82. The molecule has 1 unspecified atom stereocenters. The van der Waals surface area contributed by atoms with Crippen LogP contribution in [-0.4, -0.2) is 40.2 Å². The average Bonchev–Trinajstić information content (AvgIpc) is 2.65. The molecule has 3 heterocycles. The van der Waals surface area contributed by atoms with E-state index in [1.807, 2.05) is 16.9 Å². The van der Waals surface area contributed by atoms with Crippen LogP contribution in [0.3, 0.4) is 0 Å². The van der Waals surface area contributed by atoms with Crippen LogP contribution in [-0.2, 0) is 17.9 Å². The topological polar surface area (TPSA) is 50.2 Å². The summed E-state index contributed by atoms with van der Waals surface area (Å²) in [4.78, 5) is 14.1. The Morgan fingerprint density at radius 1 is 1.56 bits per heavy atom. The normalized spacial score (nSPS) is 29.4. The van der Waals surface area contributed by atoms with Crippen molar-refractivity contribution in [2.75, 3.05) is 19.6 Å². The third-order valence-electron chi connectivity index (χ3n) is 3.69. The SMILES string of the molecule is CCN1Cc2ccnn2CC2(CNC2=O)C1. The largest absolute Gasteiger partial charge is 0.354 e. The lowest BCUT2D eigenvalue weighted by molar-refractivity contribution is -0.142. The fourth-order valence-corrected chi connectivity index (χ4v) is 2.58. The Morgan fingerprint density at radius 2 is 2.44 bits per heavy atom. The molecule has 0 bridgehead atoms. The van der Waals surface area contributed by atoms with Gasteiger partial charge in [0.1, 0.15) is 0 Å². The third kappa shape index (κ3) is 1.28. The molecule has 0 radical (unpaired) electrons. The molecule has 16 heavy (non-hydrogen) atoms. The van der Waals surface area contributed by atoms with Gasteiger partial charge < -0.3 is 5.32 Å². The summed E-state index contributed by atoms with van der Waals surface area (Å²) in [5.41, 5.74) is 0.964. The molecular weight excluding hydrogens is 204 g/mol. The predicted octanol–water partition coefficient (Wildman–Crippen LogP) is -0.165. The second-order valence-electron chi connectivity index (χ2n) is 4.75. The van der Waals surface area contributed by atoms with E-state index in [1.165, 1.54) is 5.69 Å². The molecule has 86 valence electrons. The van der Waals surface area contributed by atoms with E-state index in [9.17, 15) is 4.79 Å². The highest BCUT2D eigenvalue weighted by Gasteiger charge is 2.49. The van der Waals surface area contributed by atoms with E-state index in [2.05, 4.69) is 22.2 Å². The second-order valence-corrected chi connectivity index (χ2v) is 4.75. The predicted molar refractivity (Wildman–Crippen MR) is 58.6 cm³/mol. The summed E-state index contributed by atoms with van der Waals surface area (Å²) < 4.78 is 1.98. The number of carbonyl (C=O) groups excluding carboxylic acids is 1. The quantitative estimate of drug-likeness (QED) is 0.669. The molecule has 1 saturated heterocycles. The average molecular weight is 220 g/mol. The van der Waals surface area contributed by atoms with Crippen LogP contribution < -0.4 is 5.32 Å². The van der Waals surface area contributed by atoms with Crippen LogP contribution in [0.4, 0.5) is 0 Å². The van der Waals surface area contributed by atoms with Gasteiger partial charge in [0.05, 0.1) is 17.7 Å². The van der Waals surface area contributed by atoms with Gasteiger partial charge in [-0.25, -0.2) is 0 Å². The molecule has 1 N–H and O–H groups in total. The highest BCUT2D eigenvalue weighted by molar-refractivity contribution is 5.88. The first-order valence-electron chi connectivity index (χ1n) is 5.75. The van der Waals surface area contributed by atoms with Crippen LogP contribution >= 0.6 is 0 Å². The molecule has 1 aromatic rings. The van der Waals surface area contributed by atoms with Crippen molar-refractivity contribution in [3.63, 3.8) is 0 Å². The Balaban J connectivity index is 1.97. The van der Waals surface area contributed by atoms with Gasteiger partial charge >= 0.3 is 0 Å². The Bertz CT molecular complexity index is 427. The van der Waals surface area contributed by atoms with Crippen molar-refractivity contribution in [2.24, 2.45) is 5.41 Å². The van der Waals surface area contributed by atoms with E-state index < -0.39 is 0 Å². The lowest BCUT2D eigenvalue weighted by Gasteiger charge is -2.41. The van der Waals surface area contributed by atoms with Gasteiger partial charge in [-0.3, -0.25) is 14.4 Å². The monoisotopic (exact) mass is 220 g/mol. The summed E-state index contributed by atoms with van der Waals surface area (Å²) in [6, 6.07) is 2.04. The van der Waals surface area contributed by atoms with Crippen LogP contribution in [0.1, 0.15) is 12.6 Å². The first-order valence-corrected chi connectivity index (χ1v) is 5.75. The Kier molecular flexibility index (Phi) is 2.04. The minimum absolute atomic E-state index is 0.175. The van der Waals surface area contributed by atoms with Gasteiger partial charge in [0.2, 0.25) is 5.91 Å². The minimum atomic E-state index is -0.243. The molecule has 0 saturated carbocycles. The first-order chi connectivity index (χ1) is 7.73. The summed E-state index contributed by atoms with van der Waals surface area (Å²) in [6.45, 7) is 6.35. The number of amides is 1. The summed E-state index contributed by atoms with van der Waals surface area (Å²) in [7, 11) is 0. The smallest absolute Gasteiger partial charge is 0.231 e. The van der Waals surface area contributed by atoms with Gasteiger partial charge in [-0.05, 0) is 12.6 Å². The minimum Gasteiger partial charge on any atom is -0.354 e. The summed E-state index contributed by atoms with van der Waals surface area (Å²) in [5, 5.41) is 7.16. The standard InChI is InChI=1S/C11H16N4O/c1-2-14-5-9-3-4-13-15(9)8-11(7-14)6-12-10(11)16/h3-4H,2,5-8H2,1H3,(H,12,16). The Morgan fingerprint density at radius 3 is 3.06 bits per heavy atom. The molecule has 1 aromatic heterocycles. The molecule has 2 aliphatic rings. The van der Waals surface area contributed by atoms with Crippen LogP contribution in [0.5, 0.6) is 0 Å². The van der Waals surface area contributed by atoms with E-state index in [-0.39, 0.29) is 11.3 Å². The van der Waals surface area contributed by atoms with Gasteiger partial charge in [0.25, 0.3) is 0 Å². The molecule has 2 aliphatic heterocycles. The molecule has 1 spiro atoms. The van der Waals surface area contributed by atoms with Crippen LogP contribution in [0, 0.1) is 5.41 Å². The zero-order chi connectivity index (χ0) is 11.2. The maximum Gasteiger partial charge on any atom is 0.231 e. The van der Waals surface area contributed by atoms with Crippen molar-refractivity contribution in [3.05, 3.63) is 18.0 Å². The van der Waals surface area contributed by atoms with Gasteiger partial charge in [0, 0.05) is 25.8 Å². The molecular formula is C11H16N4O. The molecule has 0 aliphatic carbocycles. The van der Waals surface area contributed by atoms with E-state index in [0.29, 0.717) is 0 Å². The zero-order valence-corrected chi connectivity index (χ0v) is 9.44. The summed E-state index contributed by atoms with van der Waals surface area (Å²) in [5.74, 6) is 0.175. The van der Waals surface area contributed by atoms with E-state index in [1.54, 1.807) is 0 Å². The fraction of sp³-hybridized carbons (Fsp3) is 0.636. The van der Waals surface area contributed by atoms with Gasteiger partial charge in [-0.2, -0.15) is 5.10 Å². The van der Waals surface area contributed by atoms with Crippen molar-refractivity contribution < 1.29 is 4.79 Å². The number of hydrogen-bond acceptors (Lipinski definition) is 3. The second kappa shape index (κ2) is 3.31.